The smallest absolute Gasteiger partial charge is 0.268 e. The molecule has 2 aromatic rings. The van der Waals surface area contributed by atoms with Crippen molar-refractivity contribution in [1.82, 2.24) is 9.80 Å². The molecule has 0 aromatic heterocycles. The van der Waals surface area contributed by atoms with Gasteiger partial charge in [-0.25, -0.2) is 18.6 Å². The summed E-state index contributed by atoms with van der Waals surface area (Å²) < 4.78 is 30.7. The summed E-state index contributed by atoms with van der Waals surface area (Å²) in [6, 6.07) is 11.3. The highest BCUT2D eigenvalue weighted by molar-refractivity contribution is 6.24. The number of benzene rings is 2. The lowest BCUT2D eigenvalue weighted by atomic mass is 10.1. The number of hydrogen-bond acceptors (Lipinski definition) is 4. The lowest BCUT2D eigenvalue weighted by molar-refractivity contribution is -0.107. The molecular formula is C22H14F2N2O4. The van der Waals surface area contributed by atoms with Crippen LogP contribution in [0, 0.1) is 12.3 Å². The lowest BCUT2D eigenvalue weighted by Crippen LogP contribution is -2.61. The van der Waals surface area contributed by atoms with E-state index in [2.05, 4.69) is 5.92 Å². The molecule has 2 aliphatic heterocycles. The van der Waals surface area contributed by atoms with E-state index in [4.69, 9.17) is 6.42 Å². The van der Waals surface area contributed by atoms with Crippen LogP contribution in [-0.2, 0) is 0 Å². The number of fused-ring (bicyclic) bond motifs is 2. The van der Waals surface area contributed by atoms with E-state index >= 15 is 8.78 Å². The third kappa shape index (κ3) is 2.70. The van der Waals surface area contributed by atoms with Gasteiger partial charge in [-0.3, -0.25) is 19.2 Å². The average Bonchev–Trinajstić information content (AvgIpc) is 3.14. The monoisotopic (exact) mass is 408 g/mol. The summed E-state index contributed by atoms with van der Waals surface area (Å²) in [5.74, 6) is -5.75. The Labute approximate surface area is 170 Å². The van der Waals surface area contributed by atoms with Gasteiger partial charge < -0.3 is 0 Å². The molecule has 0 bridgehead atoms. The maximum atomic E-state index is 15.3. The zero-order valence-electron chi connectivity index (χ0n) is 15.5. The zero-order chi connectivity index (χ0) is 21.6. The van der Waals surface area contributed by atoms with E-state index in [0.29, 0.717) is 9.80 Å². The summed E-state index contributed by atoms with van der Waals surface area (Å²) in [5, 5.41) is 0. The Bertz CT molecular complexity index is 1010. The second-order valence-electron chi connectivity index (χ2n) is 6.89. The number of amides is 4. The third-order valence-corrected chi connectivity index (χ3v) is 5.12. The summed E-state index contributed by atoms with van der Waals surface area (Å²) in [6.07, 6.45) is 1.37. The van der Waals surface area contributed by atoms with Gasteiger partial charge in [0.2, 0.25) is 0 Å². The maximum Gasteiger partial charge on any atom is 0.288 e. The molecule has 0 saturated carbocycles. The van der Waals surface area contributed by atoms with E-state index in [0.717, 1.165) is 0 Å². The molecule has 0 aliphatic carbocycles. The first-order valence-electron chi connectivity index (χ1n) is 9.04. The van der Waals surface area contributed by atoms with E-state index in [1.807, 2.05) is 0 Å². The first kappa shape index (κ1) is 19.5. The fourth-order valence-corrected chi connectivity index (χ4v) is 3.72. The van der Waals surface area contributed by atoms with Crippen LogP contribution in [-0.4, -0.2) is 45.5 Å². The van der Waals surface area contributed by atoms with Gasteiger partial charge >= 0.3 is 0 Å². The highest BCUT2D eigenvalue weighted by atomic mass is 19.3. The Kier molecular flexibility index (Phi) is 4.46. The molecule has 2 aliphatic rings. The van der Waals surface area contributed by atoms with E-state index in [1.54, 1.807) is 0 Å². The molecule has 0 atom stereocenters. The summed E-state index contributed by atoms with van der Waals surface area (Å²) in [7, 11) is 0. The van der Waals surface area contributed by atoms with Crippen molar-refractivity contribution >= 4 is 23.6 Å². The fraction of sp³-hybridized carbons (Fsp3) is 0.182. The molecule has 0 saturated heterocycles. The fourth-order valence-electron chi connectivity index (χ4n) is 3.72. The second-order valence-corrected chi connectivity index (χ2v) is 6.89. The van der Waals surface area contributed by atoms with Crippen LogP contribution >= 0.6 is 0 Å². The Morgan fingerprint density at radius 1 is 0.767 bits per heavy atom. The molecule has 0 radical (unpaired) electrons. The number of hydrogen-bond donors (Lipinski definition) is 0. The van der Waals surface area contributed by atoms with E-state index in [1.165, 1.54) is 48.5 Å². The molecule has 0 spiro atoms. The van der Waals surface area contributed by atoms with Crippen LogP contribution in [0.25, 0.3) is 0 Å². The number of carbonyl (C=O) groups excluding carboxylic acids is 4. The first-order valence-corrected chi connectivity index (χ1v) is 9.04. The summed E-state index contributed by atoms with van der Waals surface area (Å²) >= 11 is 0. The number of terminal acetylenes is 1. The van der Waals surface area contributed by atoms with Crippen molar-refractivity contribution < 1.29 is 28.0 Å². The summed E-state index contributed by atoms with van der Waals surface area (Å²) in [5.41, 5.74) is -0.289. The van der Waals surface area contributed by atoms with E-state index < -0.39 is 42.1 Å². The summed E-state index contributed by atoms with van der Waals surface area (Å²) in [6.45, 7) is 0. The Morgan fingerprint density at radius 2 is 1.10 bits per heavy atom. The molecule has 0 fully saturated rings. The minimum absolute atomic E-state index is 0.0724. The van der Waals surface area contributed by atoms with Crippen LogP contribution in [0.15, 0.2) is 48.5 Å². The largest absolute Gasteiger partial charge is 0.288 e. The van der Waals surface area contributed by atoms with Crippen molar-refractivity contribution in [2.75, 3.05) is 0 Å². The standard InChI is InChI=1S/C22H14F2N2O4/c1-2-3-12-22(23,24)21(25-17(27)13-8-4-5-9-14(13)18(25)28)26-19(29)15-10-6-7-11-16(15)20(26)30/h1,4-11,21H,3,12H2. The number of imide groups is 2. The molecule has 2 heterocycles. The van der Waals surface area contributed by atoms with E-state index in [-0.39, 0.29) is 28.7 Å². The van der Waals surface area contributed by atoms with Gasteiger partial charge in [0.1, 0.15) is 0 Å². The molecule has 6 nitrogen and oxygen atoms in total. The Balaban J connectivity index is 1.85. The maximum absolute atomic E-state index is 15.3. The van der Waals surface area contributed by atoms with Gasteiger partial charge in [-0.1, -0.05) is 24.3 Å². The second kappa shape index (κ2) is 6.88. The van der Waals surface area contributed by atoms with Gasteiger partial charge in [0.15, 0.2) is 6.17 Å². The number of halogens is 2. The molecular weight excluding hydrogens is 394 g/mol. The molecule has 30 heavy (non-hydrogen) atoms. The molecule has 4 rings (SSSR count). The van der Waals surface area contributed by atoms with Crippen LogP contribution in [0.5, 0.6) is 0 Å². The number of alkyl halides is 2. The molecule has 0 N–H and O–H groups in total. The normalized spacial score (nSPS) is 15.7. The van der Waals surface area contributed by atoms with Gasteiger partial charge in [-0.05, 0) is 24.3 Å². The molecule has 150 valence electrons. The number of rotatable bonds is 5. The average molecular weight is 408 g/mol. The molecule has 4 amide bonds. The molecule has 8 heteroatoms. The highest BCUT2D eigenvalue weighted by Crippen LogP contribution is 2.39. The minimum Gasteiger partial charge on any atom is -0.268 e. The Morgan fingerprint density at radius 3 is 1.40 bits per heavy atom. The van der Waals surface area contributed by atoms with Crippen molar-refractivity contribution in [2.45, 2.75) is 24.9 Å². The van der Waals surface area contributed by atoms with Crippen LogP contribution in [0.3, 0.4) is 0 Å². The van der Waals surface area contributed by atoms with Crippen LogP contribution in [0.1, 0.15) is 54.3 Å². The van der Waals surface area contributed by atoms with Crippen molar-refractivity contribution in [3.63, 3.8) is 0 Å². The topological polar surface area (TPSA) is 74.8 Å². The highest BCUT2D eigenvalue weighted by Gasteiger charge is 2.58. The van der Waals surface area contributed by atoms with Crippen molar-refractivity contribution in [2.24, 2.45) is 0 Å². The predicted molar refractivity (Wildman–Crippen MR) is 101 cm³/mol. The van der Waals surface area contributed by atoms with Crippen molar-refractivity contribution in [1.29, 1.82) is 0 Å². The van der Waals surface area contributed by atoms with Gasteiger partial charge in [-0.2, -0.15) is 0 Å². The van der Waals surface area contributed by atoms with Crippen LogP contribution < -0.4 is 0 Å². The number of carbonyl (C=O) groups is 4. The van der Waals surface area contributed by atoms with Gasteiger partial charge in [0.05, 0.1) is 22.3 Å². The third-order valence-electron chi connectivity index (χ3n) is 5.12. The quantitative estimate of drug-likeness (QED) is 0.563. The first-order chi connectivity index (χ1) is 14.3. The van der Waals surface area contributed by atoms with Gasteiger partial charge in [0.25, 0.3) is 29.6 Å². The van der Waals surface area contributed by atoms with Crippen LogP contribution in [0.2, 0.25) is 0 Å². The predicted octanol–water partition coefficient (Wildman–Crippen LogP) is 2.95. The SMILES string of the molecule is C#CCCC(F)(F)C(N1C(=O)c2ccccc2C1=O)N1C(=O)c2ccccc2C1=O. The van der Waals surface area contributed by atoms with Crippen molar-refractivity contribution in [3.05, 3.63) is 70.8 Å². The van der Waals surface area contributed by atoms with Crippen molar-refractivity contribution in [3.8, 4) is 12.3 Å². The minimum atomic E-state index is -3.83. The van der Waals surface area contributed by atoms with Crippen LogP contribution in [0.4, 0.5) is 8.78 Å². The summed E-state index contributed by atoms with van der Waals surface area (Å²) in [4.78, 5) is 52.2. The lowest BCUT2D eigenvalue weighted by Gasteiger charge is -2.37. The molecule has 2 aromatic carbocycles. The van der Waals surface area contributed by atoms with Gasteiger partial charge in [0, 0.05) is 12.8 Å². The molecule has 0 unspecified atom stereocenters. The zero-order valence-corrected chi connectivity index (χ0v) is 15.5. The number of nitrogens with zero attached hydrogens (tertiary/aromatic N) is 2. The van der Waals surface area contributed by atoms with Gasteiger partial charge in [-0.15, -0.1) is 12.3 Å². The van der Waals surface area contributed by atoms with E-state index in [9.17, 15) is 19.2 Å². The Hall–Kier alpha value is -3.86.